The molecule has 0 aromatic rings. The maximum absolute atomic E-state index is 12.9. The fourth-order valence-corrected chi connectivity index (χ4v) is 2.82. The molecule has 144 valence electrons. The van der Waals surface area contributed by atoms with E-state index in [1.807, 2.05) is 54.5 Å². The molecular formula is C19H28ClN3O3. The van der Waals surface area contributed by atoms with Gasteiger partial charge in [0, 0.05) is 18.3 Å². The summed E-state index contributed by atoms with van der Waals surface area (Å²) in [4.78, 5) is 28.2. The zero-order chi connectivity index (χ0) is 20.2. The van der Waals surface area contributed by atoms with Gasteiger partial charge in [-0.05, 0) is 39.2 Å². The van der Waals surface area contributed by atoms with Gasteiger partial charge in [-0.1, -0.05) is 32.4 Å². The summed E-state index contributed by atoms with van der Waals surface area (Å²) >= 11 is 6.24. The van der Waals surface area contributed by atoms with Crippen LogP contribution in [0.2, 0.25) is 0 Å². The average molecular weight is 382 g/mol. The minimum Gasteiger partial charge on any atom is -0.449 e. The molecule has 0 saturated carbocycles. The van der Waals surface area contributed by atoms with Crippen molar-refractivity contribution in [3.8, 4) is 6.07 Å². The normalized spacial score (nSPS) is 17.6. The van der Waals surface area contributed by atoms with Crippen LogP contribution in [-0.4, -0.2) is 46.5 Å². The van der Waals surface area contributed by atoms with Crippen LogP contribution in [0.15, 0.2) is 22.9 Å². The van der Waals surface area contributed by atoms with E-state index >= 15 is 0 Å². The molecule has 0 spiro atoms. The van der Waals surface area contributed by atoms with E-state index in [2.05, 4.69) is 0 Å². The van der Waals surface area contributed by atoms with E-state index in [-0.39, 0.29) is 40.6 Å². The highest BCUT2D eigenvalue weighted by atomic mass is 35.5. The first kappa shape index (κ1) is 22.0. The van der Waals surface area contributed by atoms with Gasteiger partial charge in [0.2, 0.25) is 0 Å². The SMILES string of the molecule is CC(C)N(C(=O)C1=CN(C(=O)OCC(C)(C)C)C(C#N)C=C1Cl)C(C)C. The summed E-state index contributed by atoms with van der Waals surface area (Å²) in [5, 5.41) is 9.50. The van der Waals surface area contributed by atoms with Gasteiger partial charge in [0.05, 0.1) is 23.3 Å². The predicted octanol–water partition coefficient (Wildman–Crippen LogP) is 4.03. The van der Waals surface area contributed by atoms with E-state index in [0.29, 0.717) is 0 Å². The van der Waals surface area contributed by atoms with Gasteiger partial charge in [-0.2, -0.15) is 5.26 Å². The highest BCUT2D eigenvalue weighted by molar-refractivity contribution is 6.35. The van der Waals surface area contributed by atoms with Crippen LogP contribution in [0.3, 0.4) is 0 Å². The van der Waals surface area contributed by atoms with Crippen LogP contribution < -0.4 is 0 Å². The van der Waals surface area contributed by atoms with Crippen molar-refractivity contribution in [2.24, 2.45) is 5.41 Å². The van der Waals surface area contributed by atoms with Crippen molar-refractivity contribution in [2.75, 3.05) is 6.61 Å². The second-order valence-corrected chi connectivity index (χ2v) is 8.46. The molecular weight excluding hydrogens is 354 g/mol. The smallest absolute Gasteiger partial charge is 0.415 e. The van der Waals surface area contributed by atoms with Crippen molar-refractivity contribution in [3.05, 3.63) is 22.9 Å². The maximum Gasteiger partial charge on any atom is 0.415 e. The van der Waals surface area contributed by atoms with Crippen LogP contribution in [0.4, 0.5) is 4.79 Å². The average Bonchev–Trinajstić information content (AvgIpc) is 2.50. The highest BCUT2D eigenvalue weighted by Crippen LogP contribution is 2.28. The van der Waals surface area contributed by atoms with E-state index in [9.17, 15) is 14.9 Å². The number of nitriles is 1. The first-order chi connectivity index (χ1) is 11.9. The Morgan fingerprint density at radius 1 is 1.31 bits per heavy atom. The van der Waals surface area contributed by atoms with Crippen molar-refractivity contribution >= 4 is 23.6 Å². The van der Waals surface area contributed by atoms with Gasteiger partial charge in [-0.3, -0.25) is 9.69 Å². The number of carbonyl (C=O) groups excluding carboxylic acids is 2. The van der Waals surface area contributed by atoms with Crippen molar-refractivity contribution in [1.82, 2.24) is 9.80 Å². The lowest BCUT2D eigenvalue weighted by Crippen LogP contribution is -2.45. The molecule has 0 saturated heterocycles. The highest BCUT2D eigenvalue weighted by Gasteiger charge is 2.33. The molecule has 6 nitrogen and oxygen atoms in total. The molecule has 1 rings (SSSR count). The number of ether oxygens (including phenoxy) is 1. The molecule has 0 fully saturated rings. The van der Waals surface area contributed by atoms with E-state index in [0.717, 1.165) is 4.90 Å². The van der Waals surface area contributed by atoms with Crippen LogP contribution in [0.5, 0.6) is 0 Å². The number of nitrogens with zero attached hydrogens (tertiary/aromatic N) is 3. The Morgan fingerprint density at radius 2 is 1.85 bits per heavy atom. The lowest BCUT2D eigenvalue weighted by atomic mass is 9.99. The fraction of sp³-hybridized carbons (Fsp3) is 0.632. The lowest BCUT2D eigenvalue weighted by molar-refractivity contribution is -0.130. The molecule has 1 aliphatic rings. The number of rotatable bonds is 4. The maximum atomic E-state index is 12.9. The van der Waals surface area contributed by atoms with E-state index in [1.165, 1.54) is 12.3 Å². The summed E-state index contributed by atoms with van der Waals surface area (Å²) in [6, 6.07) is 0.995. The van der Waals surface area contributed by atoms with Gasteiger partial charge in [0.15, 0.2) is 0 Å². The minimum atomic E-state index is -0.918. The number of halogens is 1. The summed E-state index contributed by atoms with van der Waals surface area (Å²) in [5.74, 6) is -0.290. The predicted molar refractivity (Wildman–Crippen MR) is 101 cm³/mol. The Balaban J connectivity index is 3.17. The van der Waals surface area contributed by atoms with Crippen LogP contribution in [-0.2, 0) is 9.53 Å². The molecule has 0 radical (unpaired) electrons. The number of hydrogen-bond donors (Lipinski definition) is 0. The third kappa shape index (κ3) is 5.50. The van der Waals surface area contributed by atoms with Crippen LogP contribution >= 0.6 is 11.6 Å². The molecule has 7 heteroatoms. The first-order valence-electron chi connectivity index (χ1n) is 8.66. The second kappa shape index (κ2) is 8.59. The van der Waals surface area contributed by atoms with Crippen LogP contribution in [0, 0.1) is 16.7 Å². The third-order valence-electron chi connectivity index (χ3n) is 3.68. The topological polar surface area (TPSA) is 73.6 Å². The van der Waals surface area contributed by atoms with Crippen LogP contribution in [0.25, 0.3) is 0 Å². The summed E-state index contributed by atoms with van der Waals surface area (Å²) < 4.78 is 5.29. The van der Waals surface area contributed by atoms with Gasteiger partial charge in [0.1, 0.15) is 6.04 Å². The van der Waals surface area contributed by atoms with Crippen LogP contribution in [0.1, 0.15) is 48.5 Å². The van der Waals surface area contributed by atoms with Crippen molar-refractivity contribution in [1.29, 1.82) is 5.26 Å². The lowest BCUT2D eigenvalue weighted by Gasteiger charge is -2.34. The molecule has 26 heavy (non-hydrogen) atoms. The minimum absolute atomic E-state index is 0.0390. The Hall–Kier alpha value is -2.00. The van der Waals surface area contributed by atoms with E-state index < -0.39 is 12.1 Å². The molecule has 1 atom stereocenters. The molecule has 0 aromatic carbocycles. The summed E-state index contributed by atoms with van der Waals surface area (Å²) in [6.45, 7) is 13.6. The van der Waals surface area contributed by atoms with Gasteiger partial charge in [-0.15, -0.1) is 0 Å². The molecule has 1 aliphatic heterocycles. The van der Waals surface area contributed by atoms with Crippen molar-refractivity contribution < 1.29 is 14.3 Å². The van der Waals surface area contributed by atoms with E-state index in [1.54, 1.807) is 4.90 Å². The Kier molecular flexibility index (Phi) is 7.28. The molecule has 0 aromatic heterocycles. The van der Waals surface area contributed by atoms with E-state index in [4.69, 9.17) is 16.3 Å². The molecule has 1 unspecified atom stereocenters. The monoisotopic (exact) mass is 381 g/mol. The molecule has 0 aliphatic carbocycles. The third-order valence-corrected chi connectivity index (χ3v) is 4.01. The Labute approximate surface area is 161 Å². The standard InChI is InChI=1S/C19H28ClN3O3/c1-12(2)23(13(3)4)17(24)15-10-22(14(9-21)8-16(15)20)18(25)26-11-19(5,6)7/h8,10,12-14H,11H2,1-7H3. The Morgan fingerprint density at radius 3 is 2.27 bits per heavy atom. The van der Waals surface area contributed by atoms with Gasteiger partial charge in [-0.25, -0.2) is 4.79 Å². The quantitative estimate of drug-likeness (QED) is 0.736. The number of hydrogen-bond acceptors (Lipinski definition) is 4. The van der Waals surface area contributed by atoms with Crippen molar-refractivity contribution in [3.63, 3.8) is 0 Å². The fourth-order valence-electron chi connectivity index (χ4n) is 2.57. The van der Waals surface area contributed by atoms with Gasteiger partial charge < -0.3 is 9.64 Å². The zero-order valence-electron chi connectivity index (χ0n) is 16.5. The summed E-state index contributed by atoms with van der Waals surface area (Å²) in [5.41, 5.74) is -0.0384. The molecule has 1 heterocycles. The number of carbonyl (C=O) groups is 2. The molecule has 0 bridgehead atoms. The molecule has 0 N–H and O–H groups in total. The first-order valence-corrected chi connectivity index (χ1v) is 9.03. The Bertz CT molecular complexity index is 646. The summed E-state index contributed by atoms with van der Waals surface area (Å²) in [6.07, 6.45) is 2.03. The number of amides is 2. The summed E-state index contributed by atoms with van der Waals surface area (Å²) in [7, 11) is 0. The van der Waals surface area contributed by atoms with Gasteiger partial charge in [0.25, 0.3) is 5.91 Å². The second-order valence-electron chi connectivity index (χ2n) is 8.05. The zero-order valence-corrected chi connectivity index (χ0v) is 17.3. The molecule has 2 amide bonds. The van der Waals surface area contributed by atoms with Gasteiger partial charge >= 0.3 is 6.09 Å². The largest absolute Gasteiger partial charge is 0.449 e. The van der Waals surface area contributed by atoms with Crippen molar-refractivity contribution in [2.45, 2.75) is 66.6 Å².